The van der Waals surface area contributed by atoms with Gasteiger partial charge in [0.1, 0.15) is 4.33 Å². The molecule has 1 amide bonds. The van der Waals surface area contributed by atoms with Gasteiger partial charge in [0.2, 0.25) is 5.91 Å². The van der Waals surface area contributed by atoms with Gasteiger partial charge in [0, 0.05) is 6.04 Å². The Morgan fingerprint density at radius 3 is 2.50 bits per heavy atom. The van der Waals surface area contributed by atoms with E-state index in [1.807, 2.05) is 6.92 Å². The normalized spacial score (nSPS) is 41.5. The first kappa shape index (κ1) is 12.5. The Labute approximate surface area is 107 Å². The smallest absolute Gasteiger partial charge is 0.229 e. The van der Waals surface area contributed by atoms with Crippen molar-refractivity contribution in [3.05, 3.63) is 0 Å². The Morgan fingerprint density at radius 2 is 2.00 bits per heavy atom. The lowest BCUT2D eigenvalue weighted by Crippen LogP contribution is -2.42. The lowest BCUT2D eigenvalue weighted by molar-refractivity contribution is -0.126. The van der Waals surface area contributed by atoms with Gasteiger partial charge in [-0.05, 0) is 32.1 Å². The molecule has 2 rings (SSSR count). The van der Waals surface area contributed by atoms with Gasteiger partial charge in [0.15, 0.2) is 0 Å². The second-order valence-corrected chi connectivity index (χ2v) is 7.14. The van der Waals surface area contributed by atoms with E-state index in [9.17, 15) is 4.79 Å². The van der Waals surface area contributed by atoms with E-state index >= 15 is 0 Å². The molecule has 4 heteroatoms. The first-order chi connectivity index (χ1) is 7.35. The molecule has 2 aliphatic rings. The van der Waals surface area contributed by atoms with Gasteiger partial charge in [0.25, 0.3) is 0 Å². The van der Waals surface area contributed by atoms with E-state index in [-0.39, 0.29) is 5.91 Å². The van der Waals surface area contributed by atoms with Crippen LogP contribution in [0.4, 0.5) is 0 Å². The zero-order valence-electron chi connectivity index (χ0n) is 9.85. The summed E-state index contributed by atoms with van der Waals surface area (Å²) in [5, 5.41) is 3.10. The molecule has 0 aromatic carbocycles. The Kier molecular flexibility index (Phi) is 3.17. The van der Waals surface area contributed by atoms with Crippen molar-refractivity contribution >= 4 is 29.1 Å². The molecular weight excluding hydrogens is 245 g/mol. The Balaban J connectivity index is 1.88. The third-order valence-electron chi connectivity index (χ3n) is 4.03. The zero-order valence-corrected chi connectivity index (χ0v) is 11.4. The predicted octanol–water partition coefficient (Wildman–Crippen LogP) is 3.27. The number of alkyl halides is 2. The maximum Gasteiger partial charge on any atom is 0.229 e. The fourth-order valence-corrected chi connectivity index (χ4v) is 3.26. The van der Waals surface area contributed by atoms with Crippen molar-refractivity contribution < 1.29 is 4.79 Å². The molecule has 0 bridgehead atoms. The Bertz CT molecular complexity index is 305. The molecule has 2 aliphatic carbocycles. The lowest BCUT2D eigenvalue weighted by atomic mass is 9.87. The van der Waals surface area contributed by atoms with Crippen LogP contribution in [0.5, 0.6) is 0 Å². The number of carbonyl (C=O) groups is 1. The van der Waals surface area contributed by atoms with Crippen LogP contribution in [0.3, 0.4) is 0 Å². The van der Waals surface area contributed by atoms with E-state index in [1.165, 1.54) is 12.8 Å². The Hall–Kier alpha value is 0.0500. The SMILES string of the molecule is C[C@@H]1CCC[C@@H](NC(=O)[C@@]2(C)CC2(Cl)Cl)C1. The predicted molar refractivity (Wildman–Crippen MR) is 66.7 cm³/mol. The van der Waals surface area contributed by atoms with Crippen molar-refractivity contribution in [2.45, 2.75) is 56.3 Å². The van der Waals surface area contributed by atoms with Crippen LogP contribution in [0.1, 0.15) is 46.0 Å². The molecule has 2 saturated carbocycles. The maximum atomic E-state index is 12.0. The first-order valence-corrected chi connectivity index (χ1v) is 6.79. The van der Waals surface area contributed by atoms with E-state index < -0.39 is 9.75 Å². The summed E-state index contributed by atoms with van der Waals surface area (Å²) in [5.74, 6) is 0.736. The summed E-state index contributed by atoms with van der Waals surface area (Å²) in [6.45, 7) is 4.08. The highest BCUT2D eigenvalue weighted by Gasteiger charge is 2.68. The van der Waals surface area contributed by atoms with Gasteiger partial charge in [0.05, 0.1) is 5.41 Å². The van der Waals surface area contributed by atoms with Crippen molar-refractivity contribution in [2.24, 2.45) is 11.3 Å². The molecule has 2 fully saturated rings. The molecule has 0 aromatic heterocycles. The van der Waals surface area contributed by atoms with Crippen LogP contribution in [0, 0.1) is 11.3 Å². The number of rotatable bonds is 2. The van der Waals surface area contributed by atoms with Gasteiger partial charge in [-0.2, -0.15) is 0 Å². The van der Waals surface area contributed by atoms with Gasteiger partial charge in [-0.15, -0.1) is 23.2 Å². The van der Waals surface area contributed by atoms with Crippen molar-refractivity contribution in [1.82, 2.24) is 5.32 Å². The summed E-state index contributed by atoms with van der Waals surface area (Å²) in [6, 6.07) is 0.317. The van der Waals surface area contributed by atoms with Gasteiger partial charge < -0.3 is 5.32 Å². The quantitative estimate of drug-likeness (QED) is 0.762. The van der Waals surface area contributed by atoms with E-state index in [1.54, 1.807) is 0 Å². The molecule has 3 atom stereocenters. The van der Waals surface area contributed by atoms with E-state index in [0.29, 0.717) is 18.4 Å². The van der Waals surface area contributed by atoms with Crippen LogP contribution in [-0.4, -0.2) is 16.3 Å². The van der Waals surface area contributed by atoms with E-state index in [0.717, 1.165) is 12.8 Å². The average Bonchev–Trinajstić information content (AvgIpc) is 2.67. The number of amides is 1. The van der Waals surface area contributed by atoms with Crippen molar-refractivity contribution in [3.8, 4) is 0 Å². The van der Waals surface area contributed by atoms with E-state index in [2.05, 4.69) is 12.2 Å². The summed E-state index contributed by atoms with van der Waals surface area (Å²) in [5.41, 5.74) is -0.573. The first-order valence-electron chi connectivity index (χ1n) is 6.04. The molecule has 0 spiro atoms. The summed E-state index contributed by atoms with van der Waals surface area (Å²) in [4.78, 5) is 12.0. The largest absolute Gasteiger partial charge is 0.353 e. The molecule has 0 saturated heterocycles. The standard InChI is InChI=1S/C12H19Cl2NO/c1-8-4-3-5-9(6-8)15-10(16)11(2)7-12(11,13)14/h8-9H,3-7H2,1-2H3,(H,15,16)/t8-,9-,11-/m1/s1. The highest BCUT2D eigenvalue weighted by molar-refractivity contribution is 6.53. The van der Waals surface area contributed by atoms with Crippen LogP contribution in [0.2, 0.25) is 0 Å². The van der Waals surface area contributed by atoms with Crippen LogP contribution in [0.15, 0.2) is 0 Å². The molecule has 16 heavy (non-hydrogen) atoms. The molecule has 0 aliphatic heterocycles. The summed E-state index contributed by atoms with van der Waals surface area (Å²) >= 11 is 12.0. The molecule has 0 unspecified atom stereocenters. The fourth-order valence-electron chi connectivity index (χ4n) is 2.56. The molecule has 1 N–H and O–H groups in total. The number of nitrogens with one attached hydrogen (secondary N) is 1. The van der Waals surface area contributed by atoms with Crippen LogP contribution in [0.25, 0.3) is 0 Å². The highest BCUT2D eigenvalue weighted by Crippen LogP contribution is 2.63. The third-order valence-corrected chi connectivity index (χ3v) is 5.13. The molecule has 2 nitrogen and oxygen atoms in total. The minimum absolute atomic E-state index is 0.0246. The summed E-state index contributed by atoms with van der Waals surface area (Å²) in [6.07, 6.45) is 5.22. The van der Waals surface area contributed by atoms with Crippen LogP contribution >= 0.6 is 23.2 Å². The third kappa shape index (κ3) is 2.19. The van der Waals surface area contributed by atoms with Crippen molar-refractivity contribution in [2.75, 3.05) is 0 Å². The second kappa shape index (κ2) is 4.06. The molecule has 0 aromatic rings. The molecular formula is C12H19Cl2NO. The van der Waals surface area contributed by atoms with Crippen molar-refractivity contribution in [3.63, 3.8) is 0 Å². The molecule has 92 valence electrons. The number of halogens is 2. The maximum absolute atomic E-state index is 12.0. The van der Waals surface area contributed by atoms with Gasteiger partial charge in [-0.3, -0.25) is 4.79 Å². The van der Waals surface area contributed by atoms with Crippen LogP contribution in [-0.2, 0) is 4.79 Å². The molecule has 0 radical (unpaired) electrons. The molecule has 0 heterocycles. The van der Waals surface area contributed by atoms with Gasteiger partial charge in [-0.1, -0.05) is 19.8 Å². The van der Waals surface area contributed by atoms with Crippen molar-refractivity contribution in [1.29, 1.82) is 0 Å². The van der Waals surface area contributed by atoms with Crippen LogP contribution < -0.4 is 5.32 Å². The second-order valence-electron chi connectivity index (χ2n) is 5.66. The summed E-state index contributed by atoms with van der Waals surface area (Å²) in [7, 11) is 0. The average molecular weight is 264 g/mol. The summed E-state index contributed by atoms with van der Waals surface area (Å²) < 4.78 is -0.850. The zero-order chi connectivity index (χ0) is 12.0. The van der Waals surface area contributed by atoms with E-state index in [4.69, 9.17) is 23.2 Å². The lowest BCUT2D eigenvalue weighted by Gasteiger charge is -2.28. The van der Waals surface area contributed by atoms with Gasteiger partial charge >= 0.3 is 0 Å². The number of carbonyl (C=O) groups excluding carboxylic acids is 1. The minimum atomic E-state index is -0.850. The minimum Gasteiger partial charge on any atom is -0.353 e. The fraction of sp³-hybridized carbons (Fsp3) is 0.917. The number of hydrogen-bond donors (Lipinski definition) is 1. The van der Waals surface area contributed by atoms with Gasteiger partial charge in [-0.25, -0.2) is 0 Å². The highest BCUT2D eigenvalue weighted by atomic mass is 35.5. The Morgan fingerprint density at radius 1 is 1.38 bits per heavy atom. The monoisotopic (exact) mass is 263 g/mol. The topological polar surface area (TPSA) is 29.1 Å². The number of hydrogen-bond acceptors (Lipinski definition) is 1.